The normalized spacial score (nSPS) is 37.8. The van der Waals surface area contributed by atoms with E-state index in [1.807, 2.05) is 0 Å². The lowest BCUT2D eigenvalue weighted by Gasteiger charge is -2.45. The molecule has 0 aromatic carbocycles. The Labute approximate surface area is 185 Å². The number of esters is 1. The molecule has 0 aromatic heterocycles. The maximum Gasteiger partial charge on any atom is 0.303 e. The van der Waals surface area contributed by atoms with Crippen LogP contribution in [0.4, 0.5) is 4.39 Å². The molecule has 33 heavy (non-hydrogen) atoms. The lowest BCUT2D eigenvalue weighted by atomic mass is 9.84. The Morgan fingerprint density at radius 2 is 1.70 bits per heavy atom. The van der Waals surface area contributed by atoms with Gasteiger partial charge in [0.15, 0.2) is 6.29 Å². The number of carbonyl (C=O) groups is 1. The maximum atomic E-state index is 15.0. The van der Waals surface area contributed by atoms with E-state index in [4.69, 9.17) is 36.3 Å². The van der Waals surface area contributed by atoms with Gasteiger partial charge in [-0.15, -0.1) is 0 Å². The summed E-state index contributed by atoms with van der Waals surface area (Å²) in [5, 5.41) is 24.7. The molecule has 1 saturated heterocycles. The first-order valence-electron chi connectivity index (χ1n) is 9.72. The Bertz CT molecular complexity index is 911. The summed E-state index contributed by atoms with van der Waals surface area (Å²) < 4.78 is 31.5. The number of hydrogen-bond acceptors (Lipinski definition) is 9. The fourth-order valence-electron chi connectivity index (χ4n) is 3.84. The Hall–Kier alpha value is -3.48. The third-order valence-corrected chi connectivity index (χ3v) is 5.42. The number of aliphatic hydroxyl groups excluding tert-OH is 1. The van der Waals surface area contributed by atoms with Crippen LogP contribution in [0.5, 0.6) is 0 Å². The Morgan fingerprint density at radius 1 is 1.09 bits per heavy atom. The van der Waals surface area contributed by atoms with Gasteiger partial charge < -0.3 is 19.3 Å². The van der Waals surface area contributed by atoms with Crippen molar-refractivity contribution in [2.75, 3.05) is 6.54 Å². The minimum Gasteiger partial charge on any atom is -0.459 e. The first kappa shape index (κ1) is 25.8. The monoisotopic (exact) mass is 468 g/mol. The van der Waals surface area contributed by atoms with Gasteiger partial charge in [-0.1, -0.05) is 27.4 Å². The lowest BCUT2D eigenvalue weighted by Crippen LogP contribution is -2.60. The molecule has 0 unspecified atom stereocenters. The van der Waals surface area contributed by atoms with Gasteiger partial charge in [-0.05, 0) is 28.5 Å². The van der Waals surface area contributed by atoms with Crippen molar-refractivity contribution < 1.29 is 28.5 Å². The van der Waals surface area contributed by atoms with Crippen LogP contribution in [0.3, 0.4) is 0 Å². The van der Waals surface area contributed by atoms with E-state index in [2.05, 4.69) is 40.1 Å². The first-order chi connectivity index (χ1) is 15.8. The summed E-state index contributed by atoms with van der Waals surface area (Å²) in [6, 6.07) is -3.72. The van der Waals surface area contributed by atoms with Crippen molar-refractivity contribution in [3.63, 3.8) is 0 Å². The second-order valence-corrected chi connectivity index (χ2v) is 7.40. The van der Waals surface area contributed by atoms with Gasteiger partial charge in [-0.2, -0.15) is 0 Å². The van der Waals surface area contributed by atoms with E-state index in [9.17, 15) is 9.90 Å². The minimum absolute atomic E-state index is 0.176. The molecule has 0 radical (unpaired) electrons. The summed E-state index contributed by atoms with van der Waals surface area (Å²) in [5.74, 6) is -1.62. The average Bonchev–Trinajstić information content (AvgIpc) is 2.77. The molecule has 1 heterocycles. The molecule has 0 spiro atoms. The minimum atomic E-state index is -1.77. The molecule has 18 heteroatoms. The zero-order valence-corrected chi connectivity index (χ0v) is 17.5. The second-order valence-electron chi connectivity index (χ2n) is 7.40. The van der Waals surface area contributed by atoms with Crippen LogP contribution in [-0.2, 0) is 19.0 Å². The standard InChI is InChI=1S/C15H21FN12O5/c1-5-9(4-21-25-17)32-15(11(10(5)16)24-28-20)33-14-8(23-27-19)3-7(22-26-18)13(12(14)30)31-6(2)29/h5,7-15,30H,3-4H2,1-2H3/t5-,7+,8-,9+,10-,11+,12+,13-,14+,15+/m0/s1. The smallest absolute Gasteiger partial charge is 0.303 e. The van der Waals surface area contributed by atoms with Crippen molar-refractivity contribution in [2.45, 2.75) is 75.3 Å². The predicted molar refractivity (Wildman–Crippen MR) is 107 cm³/mol. The molecule has 1 N–H and O–H groups in total. The maximum absolute atomic E-state index is 15.0. The summed E-state index contributed by atoms with van der Waals surface area (Å²) in [5.41, 5.74) is 35.2. The van der Waals surface area contributed by atoms with Gasteiger partial charge in [0.1, 0.15) is 24.4 Å². The van der Waals surface area contributed by atoms with Crippen LogP contribution < -0.4 is 0 Å². The van der Waals surface area contributed by atoms with Crippen molar-refractivity contribution in [3.05, 3.63) is 41.8 Å². The third-order valence-electron chi connectivity index (χ3n) is 5.42. The summed E-state index contributed by atoms with van der Waals surface area (Å²) >= 11 is 0. The van der Waals surface area contributed by atoms with E-state index in [1.165, 1.54) is 6.92 Å². The van der Waals surface area contributed by atoms with Gasteiger partial charge in [0.25, 0.3) is 0 Å². The van der Waals surface area contributed by atoms with Gasteiger partial charge in [0.2, 0.25) is 0 Å². The lowest BCUT2D eigenvalue weighted by molar-refractivity contribution is -0.272. The third kappa shape index (κ3) is 6.06. The molecule has 10 atom stereocenters. The van der Waals surface area contributed by atoms with Crippen LogP contribution in [-0.4, -0.2) is 72.6 Å². The number of hydrogen-bond donors (Lipinski definition) is 1. The Morgan fingerprint density at radius 3 is 2.24 bits per heavy atom. The van der Waals surface area contributed by atoms with Crippen LogP contribution >= 0.6 is 0 Å². The van der Waals surface area contributed by atoms with Gasteiger partial charge in [0.05, 0.1) is 30.8 Å². The molecule has 17 nitrogen and oxygen atoms in total. The van der Waals surface area contributed by atoms with E-state index in [-0.39, 0.29) is 13.0 Å². The number of nitrogens with zero attached hydrogens (tertiary/aromatic N) is 12. The molecule has 0 aromatic rings. The van der Waals surface area contributed by atoms with Crippen molar-refractivity contribution in [1.29, 1.82) is 0 Å². The summed E-state index contributed by atoms with van der Waals surface area (Å²) in [6.07, 6.45) is -8.94. The number of alkyl halides is 1. The zero-order valence-electron chi connectivity index (χ0n) is 17.5. The second kappa shape index (κ2) is 11.9. The van der Waals surface area contributed by atoms with Crippen molar-refractivity contribution >= 4 is 5.97 Å². The molecule has 1 aliphatic heterocycles. The molecule has 2 rings (SSSR count). The van der Waals surface area contributed by atoms with E-state index >= 15 is 4.39 Å². The number of rotatable bonds is 8. The summed E-state index contributed by atoms with van der Waals surface area (Å²) in [7, 11) is 0. The van der Waals surface area contributed by atoms with Crippen molar-refractivity contribution in [1.82, 2.24) is 0 Å². The van der Waals surface area contributed by atoms with Crippen LogP contribution in [0, 0.1) is 5.92 Å². The molecule has 0 bridgehead atoms. The van der Waals surface area contributed by atoms with Crippen LogP contribution in [0.25, 0.3) is 41.8 Å². The number of aliphatic hydroxyl groups is 1. The SMILES string of the molecule is CC(=O)O[C@@H]1[C@@H](O)[C@H](O[C@H]2O[C@H](CN=[N+]=[N-])[C@H](C)[C@H](F)[C@H]2N=[N+]=[N-])[C@@H](N=[N+]=[N-])C[C@H]1N=[N+]=[N-]. The Balaban J connectivity index is 2.41. The molecule has 1 saturated carbocycles. The van der Waals surface area contributed by atoms with Crippen molar-refractivity contribution in [3.8, 4) is 0 Å². The summed E-state index contributed by atoms with van der Waals surface area (Å²) in [6.45, 7) is 2.30. The highest BCUT2D eigenvalue weighted by molar-refractivity contribution is 5.66. The highest BCUT2D eigenvalue weighted by atomic mass is 19.1. The van der Waals surface area contributed by atoms with E-state index in [1.54, 1.807) is 0 Å². The van der Waals surface area contributed by atoms with E-state index in [0.717, 1.165) is 6.92 Å². The average molecular weight is 468 g/mol. The molecule has 2 fully saturated rings. The quantitative estimate of drug-likeness (QED) is 0.243. The van der Waals surface area contributed by atoms with Gasteiger partial charge in [0, 0.05) is 32.5 Å². The molecule has 178 valence electrons. The zero-order chi connectivity index (χ0) is 24.5. The van der Waals surface area contributed by atoms with Gasteiger partial charge >= 0.3 is 5.97 Å². The van der Waals surface area contributed by atoms with Crippen LogP contribution in [0.1, 0.15) is 20.3 Å². The number of azide groups is 4. The Kier molecular flexibility index (Phi) is 9.33. The fourth-order valence-corrected chi connectivity index (χ4v) is 3.84. The molecule has 2 aliphatic rings. The topological polar surface area (TPSA) is 260 Å². The molecule has 1 aliphatic carbocycles. The van der Waals surface area contributed by atoms with E-state index < -0.39 is 66.9 Å². The fraction of sp³-hybridized carbons (Fsp3) is 0.933. The largest absolute Gasteiger partial charge is 0.459 e. The number of carbonyl (C=O) groups excluding carboxylic acids is 1. The van der Waals surface area contributed by atoms with E-state index in [0.29, 0.717) is 0 Å². The van der Waals surface area contributed by atoms with Crippen LogP contribution in [0.15, 0.2) is 20.5 Å². The first-order valence-corrected chi connectivity index (χ1v) is 9.72. The highest BCUT2D eigenvalue weighted by Crippen LogP contribution is 2.36. The number of halogens is 1. The van der Waals surface area contributed by atoms with Gasteiger partial charge in [-0.25, -0.2) is 4.39 Å². The van der Waals surface area contributed by atoms with Gasteiger partial charge in [-0.3, -0.25) is 4.79 Å². The van der Waals surface area contributed by atoms with Crippen molar-refractivity contribution in [2.24, 2.45) is 26.4 Å². The predicted octanol–water partition coefficient (Wildman–Crippen LogP) is 3.11. The number of ether oxygens (including phenoxy) is 3. The molecule has 0 amide bonds. The van der Waals surface area contributed by atoms with Crippen LogP contribution in [0.2, 0.25) is 0 Å². The highest BCUT2D eigenvalue weighted by Gasteiger charge is 2.51. The summed E-state index contributed by atoms with van der Waals surface area (Å²) in [4.78, 5) is 22.1. The molecular weight excluding hydrogens is 447 g/mol. The molecular formula is C15H21FN12O5.